The highest BCUT2D eigenvalue weighted by Gasteiger charge is 2.13. The molecule has 0 aliphatic rings. The van der Waals surface area contributed by atoms with Gasteiger partial charge < -0.3 is 0 Å². The van der Waals surface area contributed by atoms with Crippen LogP contribution in [-0.2, 0) is 5.41 Å². The molecule has 2 heteroatoms. The Morgan fingerprint density at radius 1 is 0.941 bits per heavy atom. The summed E-state index contributed by atoms with van der Waals surface area (Å²) in [5, 5.41) is 0. The van der Waals surface area contributed by atoms with Crippen molar-refractivity contribution in [3.63, 3.8) is 0 Å². The summed E-state index contributed by atoms with van der Waals surface area (Å²) in [7, 11) is 0. The van der Waals surface area contributed by atoms with Crippen LogP contribution in [0.15, 0.2) is 47.1 Å². The first-order chi connectivity index (χ1) is 7.97. The van der Waals surface area contributed by atoms with Gasteiger partial charge in [0, 0.05) is 5.56 Å². The Kier molecular flexibility index (Phi) is 3.34. The van der Waals surface area contributed by atoms with Gasteiger partial charge in [-0.25, -0.2) is 4.98 Å². The number of pyridine rings is 1. The van der Waals surface area contributed by atoms with Crippen molar-refractivity contribution in [1.29, 1.82) is 0 Å². The second-order valence-electron chi connectivity index (χ2n) is 5.17. The van der Waals surface area contributed by atoms with Crippen molar-refractivity contribution in [2.45, 2.75) is 26.2 Å². The normalized spacial score (nSPS) is 11.5. The van der Waals surface area contributed by atoms with Crippen LogP contribution in [0.1, 0.15) is 26.3 Å². The summed E-state index contributed by atoms with van der Waals surface area (Å²) in [4.78, 5) is 4.45. The van der Waals surface area contributed by atoms with Crippen molar-refractivity contribution in [3.05, 3.63) is 52.6 Å². The lowest BCUT2D eigenvalue weighted by atomic mass is 9.86. The Labute approximate surface area is 111 Å². The average molecular weight is 290 g/mol. The summed E-state index contributed by atoms with van der Waals surface area (Å²) in [6.45, 7) is 6.66. The Balaban J connectivity index is 2.36. The highest BCUT2D eigenvalue weighted by atomic mass is 79.9. The minimum absolute atomic E-state index is 0.198. The van der Waals surface area contributed by atoms with E-state index in [0.717, 1.165) is 15.9 Å². The van der Waals surface area contributed by atoms with Gasteiger partial charge in [0.2, 0.25) is 0 Å². The third-order valence-electron chi connectivity index (χ3n) is 2.76. The predicted molar refractivity (Wildman–Crippen MR) is 76.1 cm³/mol. The van der Waals surface area contributed by atoms with Gasteiger partial charge in [0.1, 0.15) is 4.60 Å². The van der Waals surface area contributed by atoms with Crippen LogP contribution in [0.25, 0.3) is 11.3 Å². The van der Waals surface area contributed by atoms with Gasteiger partial charge in [0.15, 0.2) is 0 Å². The Morgan fingerprint density at radius 3 is 2.12 bits per heavy atom. The van der Waals surface area contributed by atoms with Gasteiger partial charge in [0.25, 0.3) is 0 Å². The molecule has 0 amide bonds. The van der Waals surface area contributed by atoms with E-state index in [-0.39, 0.29) is 5.41 Å². The summed E-state index contributed by atoms with van der Waals surface area (Å²) < 4.78 is 0.870. The van der Waals surface area contributed by atoms with Crippen LogP contribution in [0.5, 0.6) is 0 Å². The molecule has 17 heavy (non-hydrogen) atoms. The summed E-state index contributed by atoms with van der Waals surface area (Å²) in [6.07, 6.45) is 0. The highest BCUT2D eigenvalue weighted by molar-refractivity contribution is 9.10. The zero-order valence-corrected chi connectivity index (χ0v) is 12.0. The average Bonchev–Trinajstić information content (AvgIpc) is 2.28. The molecule has 88 valence electrons. The van der Waals surface area contributed by atoms with E-state index in [1.165, 1.54) is 5.56 Å². The van der Waals surface area contributed by atoms with Gasteiger partial charge in [-0.3, -0.25) is 0 Å². The maximum atomic E-state index is 4.45. The third kappa shape index (κ3) is 2.95. The number of halogens is 1. The molecule has 1 aromatic carbocycles. The number of aromatic nitrogens is 1. The lowest BCUT2D eigenvalue weighted by molar-refractivity contribution is 0.590. The number of rotatable bonds is 1. The Bertz CT molecular complexity index is 509. The van der Waals surface area contributed by atoms with Gasteiger partial charge in [-0.2, -0.15) is 0 Å². The molecule has 0 unspecified atom stereocenters. The molecule has 0 aliphatic carbocycles. The largest absolute Gasteiger partial charge is 0.241 e. The molecule has 2 aromatic rings. The lowest BCUT2D eigenvalue weighted by Crippen LogP contribution is -2.10. The van der Waals surface area contributed by atoms with Crippen molar-refractivity contribution >= 4 is 15.9 Å². The van der Waals surface area contributed by atoms with E-state index in [1.807, 2.05) is 18.2 Å². The summed E-state index contributed by atoms with van der Waals surface area (Å²) in [5.41, 5.74) is 3.69. The van der Waals surface area contributed by atoms with Crippen molar-refractivity contribution in [2.24, 2.45) is 0 Å². The van der Waals surface area contributed by atoms with E-state index in [2.05, 4.69) is 66.0 Å². The van der Waals surface area contributed by atoms with Crippen molar-refractivity contribution < 1.29 is 0 Å². The molecule has 0 fully saturated rings. The number of hydrogen-bond acceptors (Lipinski definition) is 1. The minimum atomic E-state index is 0.198. The molecule has 0 atom stereocenters. The molecular weight excluding hydrogens is 274 g/mol. The molecule has 1 nitrogen and oxygen atoms in total. The van der Waals surface area contributed by atoms with E-state index >= 15 is 0 Å². The zero-order valence-electron chi connectivity index (χ0n) is 10.4. The molecule has 0 bridgehead atoms. The van der Waals surface area contributed by atoms with Gasteiger partial charge in [-0.1, -0.05) is 51.1 Å². The standard InChI is InChI=1S/C15H16BrN/c1-15(2,3)12-9-7-11(8-10-12)13-5-4-6-14(16)17-13/h4-10H,1-3H3. The van der Waals surface area contributed by atoms with E-state index in [4.69, 9.17) is 0 Å². The second kappa shape index (κ2) is 4.61. The van der Waals surface area contributed by atoms with Crippen LogP contribution < -0.4 is 0 Å². The first-order valence-electron chi connectivity index (χ1n) is 5.70. The second-order valence-corrected chi connectivity index (χ2v) is 5.99. The van der Waals surface area contributed by atoms with Crippen LogP contribution in [0.4, 0.5) is 0 Å². The smallest absolute Gasteiger partial charge is 0.106 e. The number of hydrogen-bond donors (Lipinski definition) is 0. The molecule has 0 spiro atoms. The Morgan fingerprint density at radius 2 is 1.59 bits per heavy atom. The van der Waals surface area contributed by atoms with E-state index in [0.29, 0.717) is 0 Å². The van der Waals surface area contributed by atoms with E-state index in [9.17, 15) is 0 Å². The van der Waals surface area contributed by atoms with Crippen LogP contribution in [0.3, 0.4) is 0 Å². The fourth-order valence-electron chi connectivity index (χ4n) is 1.71. The molecule has 2 rings (SSSR count). The maximum absolute atomic E-state index is 4.45. The zero-order chi connectivity index (χ0) is 12.5. The molecular formula is C15H16BrN. The lowest BCUT2D eigenvalue weighted by Gasteiger charge is -2.19. The fraction of sp³-hybridized carbons (Fsp3) is 0.267. The monoisotopic (exact) mass is 289 g/mol. The number of nitrogens with zero attached hydrogens (tertiary/aromatic N) is 1. The quantitative estimate of drug-likeness (QED) is 0.687. The summed E-state index contributed by atoms with van der Waals surface area (Å²) >= 11 is 3.39. The SMILES string of the molecule is CC(C)(C)c1ccc(-c2cccc(Br)n2)cc1. The molecule has 0 aliphatic heterocycles. The van der Waals surface area contributed by atoms with E-state index in [1.54, 1.807) is 0 Å². The van der Waals surface area contributed by atoms with Crippen LogP contribution in [0.2, 0.25) is 0 Å². The topological polar surface area (TPSA) is 12.9 Å². The van der Waals surface area contributed by atoms with Gasteiger partial charge in [0.05, 0.1) is 5.69 Å². The maximum Gasteiger partial charge on any atom is 0.106 e. The molecule has 1 aromatic heterocycles. The van der Waals surface area contributed by atoms with Crippen molar-refractivity contribution in [2.75, 3.05) is 0 Å². The highest BCUT2D eigenvalue weighted by Crippen LogP contribution is 2.25. The van der Waals surface area contributed by atoms with Crippen LogP contribution in [0, 0.1) is 0 Å². The fourth-order valence-corrected chi connectivity index (χ4v) is 2.05. The van der Waals surface area contributed by atoms with Gasteiger partial charge in [-0.05, 0) is 39.0 Å². The summed E-state index contributed by atoms with van der Waals surface area (Å²) in [5.74, 6) is 0. The molecule has 0 N–H and O–H groups in total. The van der Waals surface area contributed by atoms with Crippen molar-refractivity contribution in [1.82, 2.24) is 4.98 Å². The number of benzene rings is 1. The predicted octanol–water partition coefficient (Wildman–Crippen LogP) is 4.81. The van der Waals surface area contributed by atoms with Gasteiger partial charge in [-0.15, -0.1) is 0 Å². The van der Waals surface area contributed by atoms with Crippen LogP contribution >= 0.6 is 15.9 Å². The van der Waals surface area contributed by atoms with Crippen molar-refractivity contribution in [3.8, 4) is 11.3 Å². The van der Waals surface area contributed by atoms with Crippen LogP contribution in [-0.4, -0.2) is 4.98 Å². The third-order valence-corrected chi connectivity index (χ3v) is 3.20. The first kappa shape index (κ1) is 12.3. The molecule has 0 saturated carbocycles. The molecule has 0 saturated heterocycles. The molecule has 0 radical (unpaired) electrons. The van der Waals surface area contributed by atoms with Gasteiger partial charge >= 0.3 is 0 Å². The first-order valence-corrected chi connectivity index (χ1v) is 6.49. The minimum Gasteiger partial charge on any atom is -0.241 e. The Hall–Kier alpha value is -1.15. The summed E-state index contributed by atoms with van der Waals surface area (Å²) in [6, 6.07) is 14.6. The molecule has 1 heterocycles. The van der Waals surface area contributed by atoms with E-state index < -0.39 is 0 Å².